The summed E-state index contributed by atoms with van der Waals surface area (Å²) in [6, 6.07) is 8.29. The minimum Gasteiger partial charge on any atom is -0.329 e. The molecular weight excluding hydrogens is 198 g/mol. The van der Waals surface area contributed by atoms with Crippen molar-refractivity contribution in [2.24, 2.45) is 0 Å². The van der Waals surface area contributed by atoms with Gasteiger partial charge in [0, 0.05) is 20.3 Å². The minimum absolute atomic E-state index is 1.11. The molecule has 1 aliphatic rings. The second-order valence-electron chi connectivity index (χ2n) is 3.68. The van der Waals surface area contributed by atoms with Crippen molar-refractivity contribution in [3.05, 3.63) is 48.3 Å². The number of anilines is 2. The quantitative estimate of drug-likeness (QED) is 0.765. The summed E-state index contributed by atoms with van der Waals surface area (Å²) >= 11 is 0. The first-order valence-corrected chi connectivity index (χ1v) is 5.19. The Kier molecular flexibility index (Phi) is 2.77. The molecule has 1 heterocycles. The van der Waals surface area contributed by atoms with Crippen molar-refractivity contribution in [1.29, 1.82) is 5.41 Å². The predicted octanol–water partition coefficient (Wildman–Crippen LogP) is 2.62. The van der Waals surface area contributed by atoms with Gasteiger partial charge in [-0.2, -0.15) is 0 Å². The molecule has 16 heavy (non-hydrogen) atoms. The van der Waals surface area contributed by atoms with E-state index in [-0.39, 0.29) is 0 Å². The van der Waals surface area contributed by atoms with E-state index in [1.54, 1.807) is 6.08 Å². The number of allylic oxidation sites excluding steroid dienone is 3. The molecule has 0 saturated carbocycles. The maximum atomic E-state index is 6.94. The summed E-state index contributed by atoms with van der Waals surface area (Å²) in [7, 11) is 4.10. The largest absolute Gasteiger partial charge is 0.329 e. The van der Waals surface area contributed by atoms with Gasteiger partial charge in [-0.25, -0.2) is 0 Å². The van der Waals surface area contributed by atoms with E-state index in [4.69, 9.17) is 5.41 Å². The van der Waals surface area contributed by atoms with Crippen LogP contribution in [0, 0.1) is 5.41 Å². The normalized spacial score (nSPS) is 14.5. The van der Waals surface area contributed by atoms with Crippen LogP contribution in [-0.2, 0) is 0 Å². The number of para-hydroxylation sites is 2. The second-order valence-corrected chi connectivity index (χ2v) is 3.68. The Morgan fingerprint density at radius 1 is 1.00 bits per heavy atom. The molecule has 3 heteroatoms. The topological polar surface area (TPSA) is 30.3 Å². The third kappa shape index (κ3) is 1.60. The van der Waals surface area contributed by atoms with Crippen molar-refractivity contribution in [2.45, 2.75) is 0 Å². The SMILES string of the molecule is CN1C(=C/C=C/C=N)N(C)c2ccccc21. The highest BCUT2D eigenvalue weighted by Gasteiger charge is 2.24. The van der Waals surface area contributed by atoms with Gasteiger partial charge in [0.25, 0.3) is 0 Å². The van der Waals surface area contributed by atoms with Crippen molar-refractivity contribution < 1.29 is 0 Å². The molecule has 2 rings (SSSR count). The van der Waals surface area contributed by atoms with E-state index < -0.39 is 0 Å². The first-order chi connectivity index (χ1) is 7.75. The fraction of sp³-hybridized carbons (Fsp3) is 0.154. The maximum Gasteiger partial charge on any atom is 0.112 e. The standard InChI is InChI=1S/C13H15N3/c1-15-11-7-3-4-8-12(11)16(2)13(15)9-5-6-10-14/h3-10,14H,1-2H3/b6-5+,14-10?. The highest BCUT2D eigenvalue weighted by molar-refractivity contribution is 5.82. The summed E-state index contributed by atoms with van der Waals surface area (Å²) in [5.41, 5.74) is 2.42. The Bertz CT molecular complexity index is 429. The summed E-state index contributed by atoms with van der Waals surface area (Å²) in [6.45, 7) is 0. The van der Waals surface area contributed by atoms with E-state index >= 15 is 0 Å². The van der Waals surface area contributed by atoms with Crippen molar-refractivity contribution in [3.8, 4) is 0 Å². The van der Waals surface area contributed by atoms with Crippen LogP contribution in [0.2, 0.25) is 0 Å². The van der Waals surface area contributed by atoms with Gasteiger partial charge in [0.1, 0.15) is 5.82 Å². The third-order valence-electron chi connectivity index (χ3n) is 2.74. The first-order valence-electron chi connectivity index (χ1n) is 5.19. The van der Waals surface area contributed by atoms with E-state index in [2.05, 4.69) is 21.9 Å². The molecule has 1 aromatic rings. The highest BCUT2D eigenvalue weighted by Crippen LogP contribution is 2.38. The summed E-state index contributed by atoms with van der Waals surface area (Å²) in [5, 5.41) is 6.94. The van der Waals surface area contributed by atoms with Crippen LogP contribution in [0.5, 0.6) is 0 Å². The second kappa shape index (κ2) is 4.23. The number of nitrogens with zero attached hydrogens (tertiary/aromatic N) is 2. The monoisotopic (exact) mass is 213 g/mol. The highest BCUT2D eigenvalue weighted by atomic mass is 15.4. The van der Waals surface area contributed by atoms with Gasteiger partial charge in [0.05, 0.1) is 11.4 Å². The number of hydrogen-bond donors (Lipinski definition) is 1. The van der Waals surface area contributed by atoms with Crippen molar-refractivity contribution >= 4 is 17.6 Å². The average molecular weight is 213 g/mol. The van der Waals surface area contributed by atoms with Gasteiger partial charge in [-0.15, -0.1) is 0 Å². The smallest absolute Gasteiger partial charge is 0.112 e. The Morgan fingerprint density at radius 3 is 2.06 bits per heavy atom. The molecule has 0 spiro atoms. The molecule has 3 nitrogen and oxygen atoms in total. The molecule has 0 saturated heterocycles. The van der Waals surface area contributed by atoms with E-state index in [0.717, 1.165) is 5.82 Å². The molecular formula is C13H15N3. The molecule has 0 fully saturated rings. The van der Waals surface area contributed by atoms with Gasteiger partial charge in [-0.3, -0.25) is 0 Å². The summed E-state index contributed by atoms with van der Waals surface area (Å²) in [6.07, 6.45) is 6.86. The summed E-state index contributed by atoms with van der Waals surface area (Å²) in [4.78, 5) is 4.28. The van der Waals surface area contributed by atoms with Gasteiger partial charge in [0.2, 0.25) is 0 Å². The molecule has 1 aliphatic heterocycles. The van der Waals surface area contributed by atoms with Gasteiger partial charge in [-0.1, -0.05) is 18.2 Å². The molecule has 0 unspecified atom stereocenters. The van der Waals surface area contributed by atoms with E-state index in [0.29, 0.717) is 0 Å². The number of benzene rings is 1. The summed E-state index contributed by atoms with van der Waals surface area (Å²) in [5.74, 6) is 1.11. The van der Waals surface area contributed by atoms with Crippen LogP contribution in [0.25, 0.3) is 0 Å². The Balaban J connectivity index is 2.38. The van der Waals surface area contributed by atoms with Crippen LogP contribution in [-0.4, -0.2) is 20.3 Å². The van der Waals surface area contributed by atoms with Crippen LogP contribution >= 0.6 is 0 Å². The van der Waals surface area contributed by atoms with Crippen LogP contribution in [0.1, 0.15) is 0 Å². The van der Waals surface area contributed by atoms with E-state index in [9.17, 15) is 0 Å². The zero-order chi connectivity index (χ0) is 11.5. The molecule has 0 aliphatic carbocycles. The maximum absolute atomic E-state index is 6.94. The first kappa shape index (κ1) is 10.5. The number of hydrogen-bond acceptors (Lipinski definition) is 3. The molecule has 1 N–H and O–H groups in total. The zero-order valence-electron chi connectivity index (χ0n) is 9.51. The average Bonchev–Trinajstić information content (AvgIpc) is 2.55. The lowest BCUT2D eigenvalue weighted by Gasteiger charge is -2.17. The molecule has 0 radical (unpaired) electrons. The molecule has 1 aromatic carbocycles. The van der Waals surface area contributed by atoms with Crippen molar-refractivity contribution in [1.82, 2.24) is 0 Å². The Hall–Kier alpha value is -2.03. The number of rotatable bonds is 2. The minimum atomic E-state index is 1.11. The molecule has 82 valence electrons. The predicted molar refractivity (Wildman–Crippen MR) is 69.3 cm³/mol. The van der Waals surface area contributed by atoms with Crippen LogP contribution < -0.4 is 9.80 Å². The molecule has 0 aromatic heterocycles. The van der Waals surface area contributed by atoms with Crippen LogP contribution in [0.15, 0.2) is 48.3 Å². The van der Waals surface area contributed by atoms with Crippen molar-refractivity contribution in [2.75, 3.05) is 23.9 Å². The van der Waals surface area contributed by atoms with Gasteiger partial charge >= 0.3 is 0 Å². The fourth-order valence-electron chi connectivity index (χ4n) is 1.92. The van der Waals surface area contributed by atoms with Crippen molar-refractivity contribution in [3.63, 3.8) is 0 Å². The molecule has 0 atom stereocenters. The number of fused-ring (bicyclic) bond motifs is 1. The van der Waals surface area contributed by atoms with E-state index in [1.165, 1.54) is 17.6 Å². The Labute approximate surface area is 95.8 Å². The van der Waals surface area contributed by atoms with E-state index in [1.807, 2.05) is 38.4 Å². The lowest BCUT2D eigenvalue weighted by molar-refractivity contribution is 1.05. The molecule has 0 bridgehead atoms. The lowest BCUT2D eigenvalue weighted by Crippen LogP contribution is -2.21. The fourth-order valence-corrected chi connectivity index (χ4v) is 1.92. The van der Waals surface area contributed by atoms with Gasteiger partial charge < -0.3 is 15.2 Å². The third-order valence-corrected chi connectivity index (χ3v) is 2.74. The van der Waals surface area contributed by atoms with Gasteiger partial charge in [-0.05, 0) is 24.3 Å². The van der Waals surface area contributed by atoms with Crippen LogP contribution in [0.4, 0.5) is 11.4 Å². The molecule has 0 amide bonds. The van der Waals surface area contributed by atoms with Crippen LogP contribution in [0.3, 0.4) is 0 Å². The van der Waals surface area contributed by atoms with Gasteiger partial charge in [0.15, 0.2) is 0 Å². The summed E-state index contributed by atoms with van der Waals surface area (Å²) < 4.78 is 0. The number of nitrogens with one attached hydrogen (secondary N) is 1. The zero-order valence-corrected chi connectivity index (χ0v) is 9.51. The Morgan fingerprint density at radius 2 is 1.56 bits per heavy atom. The lowest BCUT2D eigenvalue weighted by atomic mass is 10.3.